The van der Waals surface area contributed by atoms with Crippen LogP contribution in [0.15, 0.2) is 24.7 Å². The van der Waals surface area contributed by atoms with Crippen molar-refractivity contribution in [3.05, 3.63) is 35.8 Å². The molecule has 0 aliphatic heterocycles. The van der Waals surface area contributed by atoms with E-state index in [-0.39, 0.29) is 0 Å². The van der Waals surface area contributed by atoms with Crippen LogP contribution in [0.4, 0.5) is 5.95 Å². The summed E-state index contributed by atoms with van der Waals surface area (Å²) < 4.78 is 0. The van der Waals surface area contributed by atoms with Crippen molar-refractivity contribution in [3.8, 4) is 11.3 Å². The molecule has 0 spiro atoms. The van der Waals surface area contributed by atoms with Crippen LogP contribution >= 0.6 is 0 Å². The Bertz CT molecular complexity index is 523. The molecule has 0 bridgehead atoms. The Labute approximate surface area is 101 Å². The third kappa shape index (κ3) is 2.58. The molecule has 2 aromatic heterocycles. The van der Waals surface area contributed by atoms with Gasteiger partial charge < -0.3 is 5.32 Å². The third-order valence-corrected chi connectivity index (χ3v) is 2.46. The van der Waals surface area contributed by atoms with Crippen molar-refractivity contribution in [1.82, 2.24) is 15.0 Å². The minimum absolute atomic E-state index is 0.662. The number of nitrogens with one attached hydrogen (secondary N) is 1. The minimum Gasteiger partial charge on any atom is -0.354 e. The van der Waals surface area contributed by atoms with Crippen LogP contribution in [-0.2, 0) is 0 Å². The Morgan fingerprint density at radius 3 is 2.71 bits per heavy atom. The molecule has 4 nitrogen and oxygen atoms in total. The van der Waals surface area contributed by atoms with Crippen molar-refractivity contribution in [2.45, 2.75) is 20.8 Å². The van der Waals surface area contributed by atoms with Crippen LogP contribution in [0.25, 0.3) is 11.3 Å². The summed E-state index contributed by atoms with van der Waals surface area (Å²) in [7, 11) is 0. The van der Waals surface area contributed by atoms with Crippen molar-refractivity contribution in [2.24, 2.45) is 0 Å². The highest BCUT2D eigenvalue weighted by Crippen LogP contribution is 2.21. The molecule has 2 heterocycles. The second-order valence-corrected chi connectivity index (χ2v) is 4.01. The van der Waals surface area contributed by atoms with Crippen LogP contribution in [0.1, 0.15) is 18.1 Å². The third-order valence-electron chi connectivity index (χ3n) is 2.46. The predicted molar refractivity (Wildman–Crippen MR) is 68.9 cm³/mol. The molecule has 0 radical (unpaired) electrons. The Balaban J connectivity index is 2.46. The van der Waals surface area contributed by atoms with E-state index in [0.29, 0.717) is 5.95 Å². The molecule has 2 aromatic rings. The first kappa shape index (κ1) is 11.5. The molecular weight excluding hydrogens is 212 g/mol. The van der Waals surface area contributed by atoms with E-state index in [1.165, 1.54) is 0 Å². The maximum atomic E-state index is 4.51. The average Bonchev–Trinajstić information content (AvgIpc) is 2.32. The van der Waals surface area contributed by atoms with Gasteiger partial charge in [-0.25, -0.2) is 9.97 Å². The van der Waals surface area contributed by atoms with E-state index in [0.717, 1.165) is 28.9 Å². The molecule has 0 amide bonds. The fourth-order valence-electron chi connectivity index (χ4n) is 1.66. The van der Waals surface area contributed by atoms with Gasteiger partial charge in [-0.05, 0) is 38.0 Å². The zero-order valence-corrected chi connectivity index (χ0v) is 10.4. The SMILES string of the molecule is CCNc1ncc(C)c(-c2cncc(C)c2)n1. The topological polar surface area (TPSA) is 50.7 Å². The van der Waals surface area contributed by atoms with Gasteiger partial charge in [0.1, 0.15) is 0 Å². The molecule has 2 rings (SSSR count). The number of aromatic nitrogens is 3. The maximum Gasteiger partial charge on any atom is 0.223 e. The first-order valence-corrected chi connectivity index (χ1v) is 5.70. The summed E-state index contributed by atoms with van der Waals surface area (Å²) in [5.41, 5.74) is 4.15. The number of rotatable bonds is 3. The van der Waals surface area contributed by atoms with E-state index in [1.54, 1.807) is 0 Å². The molecular formula is C13H16N4. The number of hydrogen-bond donors (Lipinski definition) is 1. The molecule has 1 N–H and O–H groups in total. The fraction of sp³-hybridized carbons (Fsp3) is 0.308. The zero-order valence-electron chi connectivity index (χ0n) is 10.4. The van der Waals surface area contributed by atoms with E-state index < -0.39 is 0 Å². The molecule has 17 heavy (non-hydrogen) atoms. The summed E-state index contributed by atoms with van der Waals surface area (Å²) in [6.07, 6.45) is 5.51. The highest BCUT2D eigenvalue weighted by atomic mass is 15.1. The van der Waals surface area contributed by atoms with E-state index in [4.69, 9.17) is 0 Å². The van der Waals surface area contributed by atoms with Crippen LogP contribution in [0.5, 0.6) is 0 Å². The van der Waals surface area contributed by atoms with Gasteiger partial charge >= 0.3 is 0 Å². The highest BCUT2D eigenvalue weighted by molar-refractivity contribution is 5.63. The largest absolute Gasteiger partial charge is 0.354 e. The summed E-state index contributed by atoms with van der Waals surface area (Å²) in [6, 6.07) is 2.08. The lowest BCUT2D eigenvalue weighted by Crippen LogP contribution is -2.03. The van der Waals surface area contributed by atoms with Gasteiger partial charge in [0.2, 0.25) is 5.95 Å². The van der Waals surface area contributed by atoms with Crippen molar-refractivity contribution >= 4 is 5.95 Å². The summed E-state index contributed by atoms with van der Waals surface area (Å²) in [4.78, 5) is 12.9. The van der Waals surface area contributed by atoms with Crippen molar-refractivity contribution in [3.63, 3.8) is 0 Å². The first-order chi connectivity index (χ1) is 8.20. The molecule has 0 unspecified atom stereocenters. The Kier molecular flexibility index (Phi) is 3.32. The van der Waals surface area contributed by atoms with Crippen molar-refractivity contribution < 1.29 is 0 Å². The number of nitrogens with zero attached hydrogens (tertiary/aromatic N) is 3. The standard InChI is InChI=1S/C13H16N4/c1-4-15-13-16-7-10(3)12(17-13)11-5-9(2)6-14-8-11/h5-8H,4H2,1-3H3,(H,15,16,17). The molecule has 0 atom stereocenters. The van der Waals surface area contributed by atoms with Crippen molar-refractivity contribution in [1.29, 1.82) is 0 Å². The number of hydrogen-bond acceptors (Lipinski definition) is 4. The van der Waals surface area contributed by atoms with E-state index in [2.05, 4.69) is 26.3 Å². The molecule has 0 saturated carbocycles. The summed E-state index contributed by atoms with van der Waals surface area (Å²) in [6.45, 7) is 6.87. The lowest BCUT2D eigenvalue weighted by atomic mass is 10.1. The van der Waals surface area contributed by atoms with E-state index in [9.17, 15) is 0 Å². The normalized spacial score (nSPS) is 10.3. The Morgan fingerprint density at radius 2 is 2.00 bits per heavy atom. The lowest BCUT2D eigenvalue weighted by molar-refractivity contribution is 1.07. The van der Waals surface area contributed by atoms with Crippen LogP contribution in [-0.4, -0.2) is 21.5 Å². The molecule has 88 valence electrons. The zero-order chi connectivity index (χ0) is 12.3. The van der Waals surface area contributed by atoms with Gasteiger partial charge in [0.05, 0.1) is 5.69 Å². The summed E-state index contributed by atoms with van der Waals surface area (Å²) in [5, 5.41) is 3.12. The monoisotopic (exact) mass is 228 g/mol. The van der Waals surface area contributed by atoms with Gasteiger partial charge in [-0.1, -0.05) is 0 Å². The number of pyridine rings is 1. The van der Waals surface area contributed by atoms with Crippen LogP contribution in [0.2, 0.25) is 0 Å². The van der Waals surface area contributed by atoms with Gasteiger partial charge in [0.15, 0.2) is 0 Å². The smallest absolute Gasteiger partial charge is 0.223 e. The molecule has 0 saturated heterocycles. The predicted octanol–water partition coefficient (Wildman–Crippen LogP) is 2.59. The lowest BCUT2D eigenvalue weighted by Gasteiger charge is -2.08. The van der Waals surface area contributed by atoms with E-state index in [1.807, 2.05) is 39.4 Å². The van der Waals surface area contributed by atoms with Crippen LogP contribution in [0.3, 0.4) is 0 Å². The second-order valence-electron chi connectivity index (χ2n) is 4.01. The quantitative estimate of drug-likeness (QED) is 0.877. The summed E-state index contributed by atoms with van der Waals surface area (Å²) in [5.74, 6) is 0.662. The Hall–Kier alpha value is -1.97. The maximum absolute atomic E-state index is 4.51. The van der Waals surface area contributed by atoms with Crippen LogP contribution in [0, 0.1) is 13.8 Å². The van der Waals surface area contributed by atoms with Gasteiger partial charge in [-0.3, -0.25) is 4.98 Å². The summed E-state index contributed by atoms with van der Waals surface area (Å²) >= 11 is 0. The van der Waals surface area contributed by atoms with Gasteiger partial charge in [-0.15, -0.1) is 0 Å². The number of anilines is 1. The van der Waals surface area contributed by atoms with E-state index >= 15 is 0 Å². The second kappa shape index (κ2) is 4.91. The van der Waals surface area contributed by atoms with Gasteiger partial charge in [-0.2, -0.15) is 0 Å². The Morgan fingerprint density at radius 1 is 1.18 bits per heavy atom. The molecule has 0 aromatic carbocycles. The first-order valence-electron chi connectivity index (χ1n) is 5.70. The van der Waals surface area contributed by atoms with Gasteiger partial charge in [0.25, 0.3) is 0 Å². The molecule has 4 heteroatoms. The molecule has 0 aliphatic carbocycles. The van der Waals surface area contributed by atoms with Crippen molar-refractivity contribution in [2.75, 3.05) is 11.9 Å². The fourth-order valence-corrected chi connectivity index (χ4v) is 1.66. The van der Waals surface area contributed by atoms with Gasteiger partial charge in [0, 0.05) is 30.7 Å². The highest BCUT2D eigenvalue weighted by Gasteiger charge is 2.06. The number of aryl methyl sites for hydroxylation is 2. The molecule has 0 fully saturated rings. The average molecular weight is 228 g/mol. The van der Waals surface area contributed by atoms with Crippen LogP contribution < -0.4 is 5.32 Å². The minimum atomic E-state index is 0.662. The molecule has 0 aliphatic rings.